The van der Waals surface area contributed by atoms with E-state index in [9.17, 15) is 13.2 Å². The second-order valence-electron chi connectivity index (χ2n) is 3.89. The molecular formula is C10H15BrN2O3S. The standard InChI is InChI=1S/C10H15BrN2O3S/c1-13-7-8(11)6-9(13)10(14)12-4-3-5-17(2,15)16/h6-7H,3-5H2,1-2H3,(H,12,14). The van der Waals surface area contributed by atoms with Gasteiger partial charge in [0.05, 0.1) is 5.75 Å². The van der Waals surface area contributed by atoms with Gasteiger partial charge in [-0.3, -0.25) is 4.79 Å². The maximum Gasteiger partial charge on any atom is 0.267 e. The molecule has 0 aliphatic carbocycles. The molecule has 1 N–H and O–H groups in total. The van der Waals surface area contributed by atoms with E-state index in [0.29, 0.717) is 18.7 Å². The fourth-order valence-corrected chi connectivity index (χ4v) is 2.57. The van der Waals surface area contributed by atoms with Crippen LogP contribution in [0.4, 0.5) is 0 Å². The lowest BCUT2D eigenvalue weighted by atomic mass is 10.4. The molecule has 1 rings (SSSR count). The van der Waals surface area contributed by atoms with Crippen molar-refractivity contribution in [3.05, 3.63) is 22.4 Å². The van der Waals surface area contributed by atoms with Gasteiger partial charge < -0.3 is 9.88 Å². The predicted molar refractivity (Wildman–Crippen MR) is 69.8 cm³/mol. The van der Waals surface area contributed by atoms with Gasteiger partial charge >= 0.3 is 0 Å². The van der Waals surface area contributed by atoms with Crippen LogP contribution in [0.5, 0.6) is 0 Å². The Morgan fingerprint density at radius 3 is 2.65 bits per heavy atom. The summed E-state index contributed by atoms with van der Waals surface area (Å²) in [6, 6.07) is 1.71. The van der Waals surface area contributed by atoms with Gasteiger partial charge in [-0.1, -0.05) is 0 Å². The van der Waals surface area contributed by atoms with Crippen LogP contribution in [0.3, 0.4) is 0 Å². The van der Waals surface area contributed by atoms with Gasteiger partial charge in [0, 0.05) is 30.5 Å². The highest BCUT2D eigenvalue weighted by atomic mass is 79.9. The molecule has 1 heterocycles. The topological polar surface area (TPSA) is 68.2 Å². The average Bonchev–Trinajstić information content (AvgIpc) is 2.51. The molecular weight excluding hydrogens is 308 g/mol. The van der Waals surface area contributed by atoms with Crippen LogP contribution in [0.2, 0.25) is 0 Å². The molecule has 0 unspecified atom stereocenters. The molecule has 0 aliphatic rings. The van der Waals surface area contributed by atoms with E-state index < -0.39 is 9.84 Å². The van der Waals surface area contributed by atoms with Crippen molar-refractivity contribution in [2.45, 2.75) is 6.42 Å². The Labute approximate surface area is 109 Å². The molecule has 0 fully saturated rings. The zero-order valence-electron chi connectivity index (χ0n) is 9.73. The molecule has 1 amide bonds. The lowest BCUT2D eigenvalue weighted by molar-refractivity contribution is 0.0945. The summed E-state index contributed by atoms with van der Waals surface area (Å²) < 4.78 is 24.3. The van der Waals surface area contributed by atoms with E-state index in [0.717, 1.165) is 4.47 Å². The van der Waals surface area contributed by atoms with Gasteiger partial charge in [-0.05, 0) is 28.4 Å². The average molecular weight is 323 g/mol. The number of hydrogen-bond acceptors (Lipinski definition) is 3. The molecule has 0 aromatic carbocycles. The minimum Gasteiger partial charge on any atom is -0.351 e. The number of halogens is 1. The summed E-state index contributed by atoms with van der Waals surface area (Å²) in [5.41, 5.74) is 0.538. The predicted octanol–water partition coefficient (Wildman–Crippen LogP) is 0.952. The molecule has 5 nitrogen and oxygen atoms in total. The Bertz CT molecular complexity index is 508. The van der Waals surface area contributed by atoms with E-state index in [1.165, 1.54) is 6.26 Å². The third-order valence-corrected chi connectivity index (χ3v) is 3.65. The number of hydrogen-bond donors (Lipinski definition) is 1. The van der Waals surface area contributed by atoms with E-state index in [4.69, 9.17) is 0 Å². The summed E-state index contributed by atoms with van der Waals surface area (Å²) >= 11 is 3.28. The maximum absolute atomic E-state index is 11.7. The van der Waals surface area contributed by atoms with Crippen LogP contribution >= 0.6 is 15.9 Å². The second kappa shape index (κ2) is 5.68. The molecule has 0 bridgehead atoms. The van der Waals surface area contributed by atoms with E-state index >= 15 is 0 Å². The molecule has 17 heavy (non-hydrogen) atoms. The summed E-state index contributed by atoms with van der Waals surface area (Å²) in [6.45, 7) is 0.356. The third-order valence-electron chi connectivity index (χ3n) is 2.18. The number of rotatable bonds is 5. The molecule has 1 aromatic heterocycles. The number of carbonyl (C=O) groups excluding carboxylic acids is 1. The molecule has 7 heteroatoms. The van der Waals surface area contributed by atoms with Crippen molar-refractivity contribution >= 4 is 31.7 Å². The largest absolute Gasteiger partial charge is 0.351 e. The highest BCUT2D eigenvalue weighted by Crippen LogP contribution is 2.13. The lowest BCUT2D eigenvalue weighted by Gasteiger charge is -2.05. The monoisotopic (exact) mass is 322 g/mol. The molecule has 0 saturated heterocycles. The fourth-order valence-electron chi connectivity index (χ4n) is 1.38. The fraction of sp³-hybridized carbons (Fsp3) is 0.500. The summed E-state index contributed by atoms with van der Waals surface area (Å²) in [5.74, 6) is -0.115. The Morgan fingerprint density at radius 1 is 1.53 bits per heavy atom. The number of amides is 1. The van der Waals surface area contributed by atoms with Crippen molar-refractivity contribution in [3.8, 4) is 0 Å². The van der Waals surface area contributed by atoms with Gasteiger partial charge in [0.15, 0.2) is 0 Å². The minimum atomic E-state index is -2.95. The number of carbonyl (C=O) groups is 1. The van der Waals surface area contributed by atoms with Crippen LogP contribution in [0.1, 0.15) is 16.9 Å². The molecule has 0 aliphatic heterocycles. The van der Waals surface area contributed by atoms with Crippen molar-refractivity contribution in [3.63, 3.8) is 0 Å². The lowest BCUT2D eigenvalue weighted by Crippen LogP contribution is -2.27. The first-order valence-electron chi connectivity index (χ1n) is 5.07. The number of nitrogens with zero attached hydrogens (tertiary/aromatic N) is 1. The van der Waals surface area contributed by atoms with E-state index in [1.54, 1.807) is 23.9 Å². The van der Waals surface area contributed by atoms with Crippen LogP contribution in [-0.4, -0.2) is 37.4 Å². The minimum absolute atomic E-state index is 0.0874. The molecule has 0 atom stereocenters. The molecule has 0 radical (unpaired) electrons. The van der Waals surface area contributed by atoms with E-state index in [2.05, 4.69) is 21.2 Å². The van der Waals surface area contributed by atoms with Crippen LogP contribution in [0.15, 0.2) is 16.7 Å². The van der Waals surface area contributed by atoms with Crippen molar-refractivity contribution in [2.75, 3.05) is 18.6 Å². The number of aromatic nitrogens is 1. The van der Waals surface area contributed by atoms with Gasteiger partial charge in [0.25, 0.3) is 5.91 Å². The third kappa shape index (κ3) is 4.91. The summed E-state index contributed by atoms with van der Waals surface area (Å²) in [6.07, 6.45) is 3.39. The van der Waals surface area contributed by atoms with E-state index in [-0.39, 0.29) is 11.7 Å². The molecule has 0 spiro atoms. The van der Waals surface area contributed by atoms with Gasteiger partial charge in [0.2, 0.25) is 0 Å². The van der Waals surface area contributed by atoms with Crippen LogP contribution in [-0.2, 0) is 16.9 Å². The number of sulfone groups is 1. The molecule has 0 saturated carbocycles. The Hall–Kier alpha value is -0.820. The zero-order valence-corrected chi connectivity index (χ0v) is 12.1. The van der Waals surface area contributed by atoms with Gasteiger partial charge in [0.1, 0.15) is 15.5 Å². The highest BCUT2D eigenvalue weighted by molar-refractivity contribution is 9.10. The van der Waals surface area contributed by atoms with Crippen molar-refractivity contribution in [1.82, 2.24) is 9.88 Å². The van der Waals surface area contributed by atoms with Gasteiger partial charge in [-0.15, -0.1) is 0 Å². The summed E-state index contributed by atoms with van der Waals surface area (Å²) in [4.78, 5) is 11.7. The quantitative estimate of drug-likeness (QED) is 0.821. The summed E-state index contributed by atoms with van der Waals surface area (Å²) in [7, 11) is -1.18. The first kappa shape index (κ1) is 14.2. The normalized spacial score (nSPS) is 11.5. The summed E-state index contributed by atoms with van der Waals surface area (Å²) in [5, 5.41) is 2.68. The van der Waals surface area contributed by atoms with Gasteiger partial charge in [-0.2, -0.15) is 0 Å². The van der Waals surface area contributed by atoms with Crippen molar-refractivity contribution < 1.29 is 13.2 Å². The first-order valence-corrected chi connectivity index (χ1v) is 7.93. The molecule has 1 aromatic rings. The Balaban J connectivity index is 2.43. The smallest absolute Gasteiger partial charge is 0.267 e. The SMILES string of the molecule is Cn1cc(Br)cc1C(=O)NCCCS(C)(=O)=O. The number of nitrogens with one attached hydrogen (secondary N) is 1. The van der Waals surface area contributed by atoms with Crippen LogP contribution < -0.4 is 5.32 Å². The van der Waals surface area contributed by atoms with Crippen LogP contribution in [0.25, 0.3) is 0 Å². The van der Waals surface area contributed by atoms with E-state index in [1.807, 2.05) is 0 Å². The second-order valence-corrected chi connectivity index (χ2v) is 7.07. The number of aryl methyl sites for hydroxylation is 1. The van der Waals surface area contributed by atoms with Crippen molar-refractivity contribution in [1.29, 1.82) is 0 Å². The van der Waals surface area contributed by atoms with Crippen LogP contribution in [0, 0.1) is 0 Å². The van der Waals surface area contributed by atoms with Crippen molar-refractivity contribution in [2.24, 2.45) is 7.05 Å². The first-order chi connectivity index (χ1) is 7.79. The molecule has 96 valence electrons. The highest BCUT2D eigenvalue weighted by Gasteiger charge is 2.10. The van der Waals surface area contributed by atoms with Gasteiger partial charge in [-0.25, -0.2) is 8.42 Å². The zero-order chi connectivity index (χ0) is 13.1. The Kier molecular flexibility index (Phi) is 4.76. The Morgan fingerprint density at radius 2 is 2.18 bits per heavy atom. The maximum atomic E-state index is 11.7.